The lowest BCUT2D eigenvalue weighted by atomic mass is 9.91. The summed E-state index contributed by atoms with van der Waals surface area (Å²) in [7, 11) is 0. The molecule has 128 valence electrons. The molecule has 3 aromatic rings. The normalized spacial score (nSPS) is 24.2. The van der Waals surface area contributed by atoms with Crippen molar-refractivity contribution in [2.45, 2.75) is 18.5 Å². The summed E-state index contributed by atoms with van der Waals surface area (Å²) in [6.07, 6.45) is 1.00. The summed E-state index contributed by atoms with van der Waals surface area (Å²) in [4.78, 5) is 11.6. The largest absolute Gasteiger partial charge is 0.366 e. The van der Waals surface area contributed by atoms with E-state index in [9.17, 15) is 9.18 Å². The van der Waals surface area contributed by atoms with E-state index in [-0.39, 0.29) is 6.42 Å². The van der Waals surface area contributed by atoms with E-state index in [4.69, 9.17) is 7.10 Å². The standard InChI is InChI=1S/C19H19FN4O/c20-15-8-14(9-22-10-15)12-4-6-16(7-5-12)24-11-13-2-1-3-17(19(21)25)18(13)23-24/h1-7,11,14-15,22H,8-10H2,(H2,21,25)/i14D. The Kier molecular flexibility index (Phi) is 3.67. The van der Waals surface area contributed by atoms with Gasteiger partial charge in [-0.2, -0.15) is 5.10 Å². The second-order valence-corrected chi connectivity index (χ2v) is 6.26. The number of carbonyl (C=O) groups excluding carboxylic acids is 1. The van der Waals surface area contributed by atoms with Crippen LogP contribution in [-0.4, -0.2) is 34.9 Å². The van der Waals surface area contributed by atoms with E-state index in [0.717, 1.165) is 16.6 Å². The second-order valence-electron chi connectivity index (χ2n) is 6.26. The van der Waals surface area contributed by atoms with Gasteiger partial charge in [0.2, 0.25) is 0 Å². The molecule has 0 aliphatic carbocycles. The van der Waals surface area contributed by atoms with Crippen molar-refractivity contribution in [3.8, 4) is 5.69 Å². The van der Waals surface area contributed by atoms with Crippen molar-refractivity contribution in [3.05, 3.63) is 59.8 Å². The van der Waals surface area contributed by atoms with Crippen molar-refractivity contribution in [2.24, 2.45) is 5.73 Å². The number of nitrogens with two attached hydrogens (primary N) is 1. The molecule has 0 radical (unpaired) electrons. The molecule has 1 amide bonds. The Morgan fingerprint density at radius 3 is 2.80 bits per heavy atom. The maximum Gasteiger partial charge on any atom is 0.250 e. The van der Waals surface area contributed by atoms with Gasteiger partial charge in [-0.25, -0.2) is 9.07 Å². The molecule has 2 heterocycles. The van der Waals surface area contributed by atoms with E-state index >= 15 is 0 Å². The highest BCUT2D eigenvalue weighted by molar-refractivity contribution is 6.04. The van der Waals surface area contributed by atoms with Crippen LogP contribution in [0.1, 0.15) is 29.6 Å². The highest BCUT2D eigenvalue weighted by Gasteiger charge is 2.22. The summed E-state index contributed by atoms with van der Waals surface area (Å²) in [5.74, 6) is -1.48. The molecule has 1 aromatic heterocycles. The zero-order valence-corrected chi connectivity index (χ0v) is 13.6. The minimum absolute atomic E-state index is 0.187. The first-order chi connectivity index (χ1) is 12.5. The Morgan fingerprint density at radius 2 is 2.08 bits per heavy atom. The molecule has 0 spiro atoms. The highest BCUT2D eigenvalue weighted by Crippen LogP contribution is 2.26. The fourth-order valence-electron chi connectivity index (χ4n) is 3.24. The van der Waals surface area contributed by atoms with Crippen LogP contribution < -0.4 is 11.1 Å². The summed E-state index contributed by atoms with van der Waals surface area (Å²) in [5, 5.41) is 8.27. The van der Waals surface area contributed by atoms with Gasteiger partial charge in [0.1, 0.15) is 11.7 Å². The van der Waals surface area contributed by atoms with Crippen LogP contribution in [0, 0.1) is 0 Å². The summed E-state index contributed by atoms with van der Waals surface area (Å²) in [6, 6.07) is 12.7. The summed E-state index contributed by atoms with van der Waals surface area (Å²) < 4.78 is 23.9. The van der Waals surface area contributed by atoms with Gasteiger partial charge >= 0.3 is 0 Å². The lowest BCUT2D eigenvalue weighted by Gasteiger charge is -2.26. The molecule has 2 atom stereocenters. The molecule has 1 saturated heterocycles. The fraction of sp³-hybridized carbons (Fsp3) is 0.263. The first kappa shape index (κ1) is 14.6. The topological polar surface area (TPSA) is 72.9 Å². The Balaban J connectivity index is 1.68. The molecule has 3 N–H and O–H groups in total. The highest BCUT2D eigenvalue weighted by atomic mass is 19.1. The van der Waals surface area contributed by atoms with Crippen molar-refractivity contribution >= 4 is 16.8 Å². The number of primary amides is 1. The van der Waals surface area contributed by atoms with Crippen LogP contribution in [0.25, 0.3) is 16.6 Å². The van der Waals surface area contributed by atoms with Crippen LogP contribution in [0.5, 0.6) is 0 Å². The summed E-state index contributed by atoms with van der Waals surface area (Å²) in [6.45, 7) is 0.737. The molecule has 4 rings (SSSR count). The molecule has 1 fully saturated rings. The predicted octanol–water partition coefficient (Wildman–Crippen LogP) is 2.54. The Hall–Kier alpha value is -2.73. The molecule has 6 heteroatoms. The molecular formula is C19H19FN4O. The lowest BCUT2D eigenvalue weighted by molar-refractivity contribution is 0.100. The molecule has 0 saturated carbocycles. The van der Waals surface area contributed by atoms with Gasteiger partial charge in [0.25, 0.3) is 5.91 Å². The minimum Gasteiger partial charge on any atom is -0.366 e. The SMILES string of the molecule is [2H]C1(c2ccc(-n3cc4cccc(C(N)=O)c4n3)cc2)CNCC(F)C1. The van der Waals surface area contributed by atoms with Crippen molar-refractivity contribution in [1.29, 1.82) is 0 Å². The number of carbonyl (C=O) groups is 1. The maximum absolute atomic E-state index is 13.7. The van der Waals surface area contributed by atoms with Gasteiger partial charge in [-0.3, -0.25) is 4.79 Å². The van der Waals surface area contributed by atoms with E-state index in [1.165, 1.54) is 0 Å². The number of hydrogen-bond acceptors (Lipinski definition) is 3. The van der Waals surface area contributed by atoms with Crippen LogP contribution in [0.15, 0.2) is 48.7 Å². The molecular weight excluding hydrogens is 319 g/mol. The van der Waals surface area contributed by atoms with E-state index in [2.05, 4.69) is 10.4 Å². The van der Waals surface area contributed by atoms with Gasteiger partial charge in [0, 0.05) is 26.0 Å². The van der Waals surface area contributed by atoms with E-state index < -0.39 is 18.0 Å². The summed E-state index contributed by atoms with van der Waals surface area (Å²) >= 11 is 0. The molecule has 5 nitrogen and oxygen atoms in total. The van der Waals surface area contributed by atoms with E-state index in [1.807, 2.05) is 36.5 Å². The van der Waals surface area contributed by atoms with Gasteiger partial charge in [-0.05, 0) is 36.1 Å². The van der Waals surface area contributed by atoms with Crippen molar-refractivity contribution in [2.75, 3.05) is 13.1 Å². The lowest BCUT2D eigenvalue weighted by Crippen LogP contribution is -2.36. The second kappa shape index (κ2) is 6.29. The third-order valence-electron chi connectivity index (χ3n) is 4.51. The predicted molar refractivity (Wildman–Crippen MR) is 94.7 cm³/mol. The number of alkyl halides is 1. The van der Waals surface area contributed by atoms with Crippen LogP contribution in [0.2, 0.25) is 0 Å². The maximum atomic E-state index is 13.7. The Morgan fingerprint density at radius 1 is 1.28 bits per heavy atom. The average molecular weight is 339 g/mol. The number of benzene rings is 2. The molecule has 1 aliphatic heterocycles. The van der Waals surface area contributed by atoms with Gasteiger partial charge in [-0.15, -0.1) is 0 Å². The van der Waals surface area contributed by atoms with E-state index in [1.54, 1.807) is 16.8 Å². The number of hydrogen-bond donors (Lipinski definition) is 2. The number of piperidine rings is 1. The zero-order chi connectivity index (χ0) is 18.3. The van der Waals surface area contributed by atoms with Crippen molar-refractivity contribution < 1.29 is 10.6 Å². The molecule has 1 aliphatic rings. The van der Waals surface area contributed by atoms with Gasteiger partial charge < -0.3 is 11.1 Å². The Bertz CT molecular complexity index is 971. The first-order valence-electron chi connectivity index (χ1n) is 8.70. The van der Waals surface area contributed by atoms with Crippen LogP contribution >= 0.6 is 0 Å². The van der Waals surface area contributed by atoms with Crippen LogP contribution in [0.3, 0.4) is 0 Å². The zero-order valence-electron chi connectivity index (χ0n) is 14.6. The van der Waals surface area contributed by atoms with Crippen molar-refractivity contribution in [1.82, 2.24) is 15.1 Å². The first-order valence-corrected chi connectivity index (χ1v) is 8.20. The molecule has 0 bridgehead atoms. The van der Waals surface area contributed by atoms with Crippen molar-refractivity contribution in [3.63, 3.8) is 0 Å². The number of aromatic nitrogens is 2. The van der Waals surface area contributed by atoms with E-state index in [0.29, 0.717) is 24.2 Å². The third kappa shape index (κ3) is 3.00. The number of nitrogens with zero attached hydrogens (tertiary/aromatic N) is 2. The monoisotopic (exact) mass is 339 g/mol. The van der Waals surface area contributed by atoms with Gasteiger partial charge in [0.05, 0.1) is 11.3 Å². The number of fused-ring (bicyclic) bond motifs is 1. The number of halogens is 1. The quantitative estimate of drug-likeness (QED) is 0.770. The third-order valence-corrected chi connectivity index (χ3v) is 4.51. The summed E-state index contributed by atoms with van der Waals surface area (Å²) in [5.41, 5.74) is 7.91. The van der Waals surface area contributed by atoms with Gasteiger partial charge in [0.15, 0.2) is 0 Å². The van der Waals surface area contributed by atoms with Crippen LogP contribution in [-0.2, 0) is 0 Å². The van der Waals surface area contributed by atoms with Gasteiger partial charge in [-0.1, -0.05) is 24.3 Å². The minimum atomic E-state index is -1.01. The fourth-order valence-corrected chi connectivity index (χ4v) is 3.24. The number of nitrogens with one attached hydrogen (secondary N) is 1. The average Bonchev–Trinajstić information content (AvgIpc) is 3.05. The number of amides is 1. The smallest absolute Gasteiger partial charge is 0.250 e. The Labute approximate surface area is 146 Å². The number of rotatable bonds is 3. The molecule has 25 heavy (non-hydrogen) atoms. The van der Waals surface area contributed by atoms with Crippen LogP contribution in [0.4, 0.5) is 4.39 Å². The molecule has 2 aromatic carbocycles. The molecule has 2 unspecified atom stereocenters.